The van der Waals surface area contributed by atoms with E-state index in [-0.39, 0.29) is 0 Å². The molecule has 4 aromatic heterocycles. The van der Waals surface area contributed by atoms with Crippen molar-refractivity contribution < 1.29 is 18.3 Å². The average molecular weight is 933 g/mol. The summed E-state index contributed by atoms with van der Waals surface area (Å²) in [6.45, 7) is 31.0. The molecule has 0 aliphatic carbocycles. The topological polar surface area (TPSA) is 15.5 Å². The van der Waals surface area contributed by atoms with Crippen molar-refractivity contribution in [2.45, 2.75) is 116 Å². The highest BCUT2D eigenvalue weighted by atomic mass is 14.9. The van der Waals surface area contributed by atoms with Crippen molar-refractivity contribution in [3.05, 3.63) is 213 Å². The highest BCUT2D eigenvalue weighted by Crippen LogP contribution is 2.29. The Morgan fingerprint density at radius 2 is 0.657 bits per heavy atom. The predicted octanol–water partition coefficient (Wildman–Crippen LogP) is 14.4. The fourth-order valence-electron chi connectivity index (χ4n) is 9.53. The number of hydrogen-bond acceptors (Lipinski definition) is 0. The zero-order valence-corrected chi connectivity index (χ0v) is 46.2. The molecule has 8 aromatic rings. The van der Waals surface area contributed by atoms with Gasteiger partial charge in [-0.15, -0.1) is 0 Å². The molecule has 0 aliphatic heterocycles. The van der Waals surface area contributed by atoms with Gasteiger partial charge in [0.25, 0.3) is 0 Å². The van der Waals surface area contributed by atoms with Crippen molar-refractivity contribution in [2.75, 3.05) is 0 Å². The summed E-state index contributed by atoms with van der Waals surface area (Å²) in [5.74, 6) is 1.29. The lowest BCUT2D eigenvalue weighted by atomic mass is 9.92. The number of aromatic nitrogens is 4. The summed E-state index contributed by atoms with van der Waals surface area (Å²) in [6, 6.07) is 43.8. The molecule has 0 saturated carbocycles. The van der Waals surface area contributed by atoms with Gasteiger partial charge in [0, 0.05) is 70.8 Å². The van der Waals surface area contributed by atoms with Crippen LogP contribution in [-0.4, -0.2) is 0 Å². The largest absolute Gasteiger partial charge is 0.212 e. The standard InChI is InChI=1S/C18H24N.C17H22N.C16H20N.C15H18N/c1-13(2)10-16-11-15(4)17(12-14(16)3)18-8-6-7-9-19(18)5;1-12(2)15-10-14(4)16(11-13(15)3)17-8-6-7-9-18(17)5;1-5-14-10-13(3)15(11-12(14)2)16-8-6-7-9-17(16)4;1-11-9-13(3)14(10-12(11)2)15-7-5-6-8-16(15)4/h6-9,11-13H,10H2,1-5H3;6-12H,1-5H3;6-11H,5H2,1-4H3;5-10H,1-4H3/q4*+1. The van der Waals surface area contributed by atoms with Crippen LogP contribution in [0.5, 0.6) is 0 Å². The molecule has 0 spiro atoms. The van der Waals surface area contributed by atoms with Gasteiger partial charge >= 0.3 is 0 Å². The lowest BCUT2D eigenvalue weighted by Crippen LogP contribution is -2.30. The van der Waals surface area contributed by atoms with E-state index in [1.54, 1.807) is 0 Å². The molecule has 0 saturated heterocycles. The van der Waals surface area contributed by atoms with Crippen LogP contribution >= 0.6 is 0 Å². The minimum atomic E-state index is 0.585. The van der Waals surface area contributed by atoms with E-state index in [9.17, 15) is 0 Å². The Morgan fingerprint density at radius 1 is 0.343 bits per heavy atom. The molecule has 4 aromatic carbocycles. The van der Waals surface area contributed by atoms with E-state index in [0.717, 1.165) is 12.8 Å². The van der Waals surface area contributed by atoms with Gasteiger partial charge in [0.2, 0.25) is 22.8 Å². The summed E-state index contributed by atoms with van der Waals surface area (Å²) >= 11 is 0. The second-order valence-corrected chi connectivity index (χ2v) is 20.4. The molecule has 4 heterocycles. The molecule has 0 fully saturated rings. The van der Waals surface area contributed by atoms with Crippen molar-refractivity contribution >= 4 is 0 Å². The van der Waals surface area contributed by atoms with Gasteiger partial charge in [-0.1, -0.05) is 58.9 Å². The number of rotatable bonds is 8. The summed E-state index contributed by atoms with van der Waals surface area (Å²) in [5, 5.41) is 0. The van der Waals surface area contributed by atoms with E-state index in [0.29, 0.717) is 11.8 Å². The molecule has 4 heteroatoms. The minimum Gasteiger partial charge on any atom is -0.201 e. The maximum Gasteiger partial charge on any atom is 0.212 e. The number of aryl methyl sites for hydroxylation is 14. The number of pyridine rings is 4. The normalized spacial score (nSPS) is 10.8. The molecule has 0 atom stereocenters. The fraction of sp³-hybridized carbons (Fsp3) is 0.333. The molecule has 4 nitrogen and oxygen atoms in total. The highest BCUT2D eigenvalue weighted by Gasteiger charge is 2.17. The molecule has 0 unspecified atom stereocenters. The Bertz CT molecular complexity index is 3040. The van der Waals surface area contributed by atoms with E-state index >= 15 is 0 Å². The van der Waals surface area contributed by atoms with Crippen molar-refractivity contribution in [2.24, 2.45) is 34.1 Å². The maximum absolute atomic E-state index is 2.36. The van der Waals surface area contributed by atoms with Crippen LogP contribution < -0.4 is 18.3 Å². The van der Waals surface area contributed by atoms with Crippen LogP contribution in [0.3, 0.4) is 0 Å². The third-order valence-corrected chi connectivity index (χ3v) is 13.8. The smallest absolute Gasteiger partial charge is 0.201 e. The van der Waals surface area contributed by atoms with E-state index in [1.807, 2.05) is 0 Å². The second kappa shape index (κ2) is 24.9. The Balaban J connectivity index is 0.000000174. The maximum atomic E-state index is 2.36. The van der Waals surface area contributed by atoms with Crippen molar-refractivity contribution in [3.63, 3.8) is 0 Å². The molecule has 70 heavy (non-hydrogen) atoms. The molecular weight excluding hydrogens is 849 g/mol. The monoisotopic (exact) mass is 933 g/mol. The van der Waals surface area contributed by atoms with Crippen LogP contribution in [0.2, 0.25) is 0 Å². The fourth-order valence-corrected chi connectivity index (χ4v) is 9.53. The molecule has 0 N–H and O–H groups in total. The van der Waals surface area contributed by atoms with Crippen LogP contribution in [0, 0.1) is 68.2 Å². The molecule has 364 valence electrons. The molecule has 0 amide bonds. The van der Waals surface area contributed by atoms with E-state index in [4.69, 9.17) is 0 Å². The van der Waals surface area contributed by atoms with Crippen molar-refractivity contribution in [3.8, 4) is 45.0 Å². The zero-order chi connectivity index (χ0) is 51.4. The first-order chi connectivity index (χ1) is 33.2. The Hall–Kier alpha value is -6.52. The van der Waals surface area contributed by atoms with Gasteiger partial charge < -0.3 is 0 Å². The van der Waals surface area contributed by atoms with Crippen LogP contribution in [0.4, 0.5) is 0 Å². The van der Waals surface area contributed by atoms with Crippen LogP contribution in [-0.2, 0) is 41.0 Å². The van der Waals surface area contributed by atoms with Gasteiger partial charge in [0.05, 0.1) is 0 Å². The summed E-state index contributed by atoms with van der Waals surface area (Å²) in [6.07, 6.45) is 10.6. The van der Waals surface area contributed by atoms with Gasteiger partial charge in [-0.25, -0.2) is 18.3 Å². The zero-order valence-electron chi connectivity index (χ0n) is 46.2. The lowest BCUT2D eigenvalue weighted by molar-refractivity contribution is -0.660. The van der Waals surface area contributed by atoms with E-state index in [2.05, 4.69) is 290 Å². The van der Waals surface area contributed by atoms with Gasteiger partial charge in [0.15, 0.2) is 24.8 Å². The molecule has 0 radical (unpaired) electrons. The first-order valence-electron chi connectivity index (χ1n) is 25.4. The third kappa shape index (κ3) is 13.8. The van der Waals surface area contributed by atoms with Crippen LogP contribution in [0.15, 0.2) is 146 Å². The Kier molecular flexibility index (Phi) is 19.3. The summed E-state index contributed by atoms with van der Waals surface area (Å²) < 4.78 is 8.70. The van der Waals surface area contributed by atoms with Crippen molar-refractivity contribution in [1.29, 1.82) is 0 Å². The predicted molar refractivity (Wildman–Crippen MR) is 297 cm³/mol. The first kappa shape index (κ1) is 54.4. The number of benzene rings is 4. The van der Waals surface area contributed by atoms with E-state index < -0.39 is 0 Å². The molecule has 8 rings (SSSR count). The lowest BCUT2D eigenvalue weighted by Gasteiger charge is -2.13. The molecule has 0 bridgehead atoms. The van der Waals surface area contributed by atoms with Crippen LogP contribution in [0.1, 0.15) is 107 Å². The average Bonchev–Trinajstić information content (AvgIpc) is 3.31. The Labute approximate surface area is 424 Å². The van der Waals surface area contributed by atoms with Crippen molar-refractivity contribution in [1.82, 2.24) is 0 Å². The minimum absolute atomic E-state index is 0.585. The third-order valence-electron chi connectivity index (χ3n) is 13.8. The number of nitrogens with zero attached hydrogens (tertiary/aromatic N) is 4. The van der Waals surface area contributed by atoms with E-state index in [1.165, 1.54) is 112 Å². The van der Waals surface area contributed by atoms with Gasteiger partial charge in [-0.2, -0.15) is 0 Å². The quantitative estimate of drug-likeness (QED) is 0.135. The highest BCUT2D eigenvalue weighted by molar-refractivity contribution is 5.66. The second-order valence-electron chi connectivity index (χ2n) is 20.4. The SMILES string of the molecule is CCc1cc(C)c(-c2cccc[n+]2C)cc1C.Cc1cc(-c2cccc[n+]2C)c(C)cc1CC(C)C.Cc1cc(C(C)C)c(C)cc1-c1cccc[n+]1C.Cc1cc(C)c(-c2cccc[n+]2C)cc1C. The summed E-state index contributed by atoms with van der Waals surface area (Å²) in [7, 11) is 8.38. The molecule has 0 aliphatic rings. The Morgan fingerprint density at radius 3 is 1.01 bits per heavy atom. The van der Waals surface area contributed by atoms with Crippen LogP contribution in [0.25, 0.3) is 45.0 Å². The number of hydrogen-bond donors (Lipinski definition) is 0. The summed E-state index contributed by atoms with van der Waals surface area (Å²) in [5.41, 5.74) is 27.1. The van der Waals surface area contributed by atoms with Gasteiger partial charge in [0.1, 0.15) is 28.2 Å². The van der Waals surface area contributed by atoms with Gasteiger partial charge in [-0.05, 0) is 202 Å². The van der Waals surface area contributed by atoms with Gasteiger partial charge in [-0.3, -0.25) is 0 Å². The first-order valence-corrected chi connectivity index (χ1v) is 25.4. The molecular formula is C66H84N4+4. The summed E-state index contributed by atoms with van der Waals surface area (Å²) in [4.78, 5) is 0.